The number of carbonyl (C=O) groups excluding carboxylic acids is 1. The molecule has 0 atom stereocenters. The zero-order chi connectivity index (χ0) is 11.5. The molecule has 1 aliphatic carbocycles. The molecular formula is C11H22N2O2. The van der Waals surface area contributed by atoms with Crippen LogP contribution in [0.15, 0.2) is 0 Å². The van der Waals surface area contributed by atoms with Crippen molar-refractivity contribution >= 4 is 6.03 Å². The van der Waals surface area contributed by atoms with Crippen molar-refractivity contribution in [3.05, 3.63) is 0 Å². The first-order valence-corrected chi connectivity index (χ1v) is 5.67. The second kappa shape index (κ2) is 4.84. The number of urea groups is 1. The molecule has 0 saturated heterocycles. The summed E-state index contributed by atoms with van der Waals surface area (Å²) < 4.78 is 0. The van der Waals surface area contributed by atoms with E-state index in [1.54, 1.807) is 23.9 Å². The summed E-state index contributed by atoms with van der Waals surface area (Å²) in [7, 11) is 3.53. The maximum Gasteiger partial charge on any atom is 0.319 e. The summed E-state index contributed by atoms with van der Waals surface area (Å²) in [6.07, 6.45) is 3.78. The molecule has 4 heteroatoms. The van der Waals surface area contributed by atoms with Gasteiger partial charge in [0, 0.05) is 20.6 Å². The van der Waals surface area contributed by atoms with E-state index in [4.69, 9.17) is 0 Å². The third kappa shape index (κ3) is 3.09. The van der Waals surface area contributed by atoms with Crippen LogP contribution in [0.1, 0.15) is 32.6 Å². The molecule has 0 aromatic heterocycles. The molecule has 0 bridgehead atoms. The van der Waals surface area contributed by atoms with Gasteiger partial charge in [-0.2, -0.15) is 0 Å². The molecule has 1 fully saturated rings. The van der Waals surface area contributed by atoms with Gasteiger partial charge in [0.25, 0.3) is 0 Å². The molecular weight excluding hydrogens is 192 g/mol. The Kier molecular flexibility index (Phi) is 3.97. The van der Waals surface area contributed by atoms with Gasteiger partial charge in [0.1, 0.15) is 0 Å². The summed E-state index contributed by atoms with van der Waals surface area (Å²) >= 11 is 0. The first-order chi connectivity index (χ1) is 6.98. The lowest BCUT2D eigenvalue weighted by Crippen LogP contribution is -2.46. The lowest BCUT2D eigenvalue weighted by Gasteiger charge is -2.31. The molecule has 1 aliphatic rings. The number of aliphatic hydroxyl groups is 1. The van der Waals surface area contributed by atoms with Crippen LogP contribution in [0.25, 0.3) is 0 Å². The number of rotatable bonds is 3. The summed E-state index contributed by atoms with van der Waals surface area (Å²) in [5, 5.41) is 10.2. The van der Waals surface area contributed by atoms with Crippen LogP contribution in [-0.4, -0.2) is 53.7 Å². The van der Waals surface area contributed by atoms with E-state index in [-0.39, 0.29) is 6.03 Å². The van der Waals surface area contributed by atoms with Crippen molar-refractivity contribution in [2.24, 2.45) is 0 Å². The van der Waals surface area contributed by atoms with Gasteiger partial charge < -0.3 is 14.9 Å². The molecule has 0 aliphatic heterocycles. The van der Waals surface area contributed by atoms with E-state index >= 15 is 0 Å². The Labute approximate surface area is 91.9 Å². The van der Waals surface area contributed by atoms with Gasteiger partial charge in [-0.25, -0.2) is 4.79 Å². The smallest absolute Gasteiger partial charge is 0.319 e. The summed E-state index contributed by atoms with van der Waals surface area (Å²) in [5.74, 6) is 0. The molecule has 1 N–H and O–H groups in total. The minimum Gasteiger partial charge on any atom is -0.388 e. The Bertz CT molecular complexity index is 225. The molecule has 0 aromatic carbocycles. The monoisotopic (exact) mass is 214 g/mol. The van der Waals surface area contributed by atoms with Crippen LogP contribution in [0, 0.1) is 0 Å². The van der Waals surface area contributed by atoms with Crippen LogP contribution in [0.3, 0.4) is 0 Å². The average molecular weight is 214 g/mol. The number of nitrogens with zero attached hydrogens (tertiary/aromatic N) is 2. The van der Waals surface area contributed by atoms with E-state index in [9.17, 15) is 9.90 Å². The van der Waals surface area contributed by atoms with Crippen molar-refractivity contribution in [1.82, 2.24) is 9.80 Å². The standard InChI is InChI=1S/C11H22N2O2/c1-4-12(2)10(14)13(3)9-11(15)7-5-6-8-11/h15H,4-9H2,1-3H3. The van der Waals surface area contributed by atoms with Gasteiger partial charge in [-0.15, -0.1) is 0 Å². The van der Waals surface area contributed by atoms with Gasteiger partial charge in [0.15, 0.2) is 0 Å². The quantitative estimate of drug-likeness (QED) is 0.769. The van der Waals surface area contributed by atoms with Gasteiger partial charge in [-0.1, -0.05) is 12.8 Å². The SMILES string of the molecule is CCN(C)C(=O)N(C)CC1(O)CCCC1. The van der Waals surface area contributed by atoms with E-state index in [2.05, 4.69) is 0 Å². The molecule has 2 amide bonds. The Hall–Kier alpha value is -0.770. The van der Waals surface area contributed by atoms with Crippen LogP contribution >= 0.6 is 0 Å². The fraction of sp³-hybridized carbons (Fsp3) is 0.909. The van der Waals surface area contributed by atoms with Crippen molar-refractivity contribution in [2.75, 3.05) is 27.2 Å². The van der Waals surface area contributed by atoms with Crippen LogP contribution in [0.5, 0.6) is 0 Å². The first-order valence-electron chi connectivity index (χ1n) is 5.67. The van der Waals surface area contributed by atoms with Crippen LogP contribution in [0.4, 0.5) is 4.79 Å². The van der Waals surface area contributed by atoms with E-state index in [1.165, 1.54) is 0 Å². The maximum atomic E-state index is 11.7. The predicted octanol–water partition coefficient (Wildman–Crippen LogP) is 1.29. The maximum absolute atomic E-state index is 11.7. The van der Waals surface area contributed by atoms with Crippen LogP contribution in [-0.2, 0) is 0 Å². The number of hydrogen-bond acceptors (Lipinski definition) is 2. The van der Waals surface area contributed by atoms with E-state index in [0.29, 0.717) is 13.1 Å². The highest BCUT2D eigenvalue weighted by atomic mass is 16.3. The lowest BCUT2D eigenvalue weighted by molar-refractivity contribution is 0.0215. The Morgan fingerprint density at radius 3 is 2.27 bits per heavy atom. The van der Waals surface area contributed by atoms with Crippen molar-refractivity contribution in [3.63, 3.8) is 0 Å². The van der Waals surface area contributed by atoms with Gasteiger partial charge >= 0.3 is 6.03 Å². The third-order valence-electron chi connectivity index (χ3n) is 3.19. The normalized spacial score (nSPS) is 18.9. The second-order valence-corrected chi connectivity index (χ2v) is 4.58. The summed E-state index contributed by atoms with van der Waals surface area (Å²) in [6, 6.07) is -0.0159. The highest BCUT2D eigenvalue weighted by molar-refractivity contribution is 5.73. The van der Waals surface area contributed by atoms with Crippen LogP contribution < -0.4 is 0 Å². The molecule has 0 aromatic rings. The number of likely N-dealkylation sites (N-methyl/N-ethyl adjacent to an activating group) is 1. The van der Waals surface area contributed by atoms with Crippen molar-refractivity contribution in [1.29, 1.82) is 0 Å². The van der Waals surface area contributed by atoms with Crippen molar-refractivity contribution in [2.45, 2.75) is 38.2 Å². The van der Waals surface area contributed by atoms with Gasteiger partial charge in [0.05, 0.1) is 12.1 Å². The zero-order valence-electron chi connectivity index (χ0n) is 9.99. The zero-order valence-corrected chi connectivity index (χ0v) is 9.99. The number of carbonyl (C=O) groups is 1. The Balaban J connectivity index is 2.47. The fourth-order valence-electron chi connectivity index (χ4n) is 2.13. The average Bonchev–Trinajstić information content (AvgIpc) is 2.62. The Morgan fingerprint density at radius 1 is 1.27 bits per heavy atom. The van der Waals surface area contributed by atoms with Crippen LogP contribution in [0.2, 0.25) is 0 Å². The molecule has 4 nitrogen and oxygen atoms in total. The minimum absolute atomic E-state index is 0.0159. The highest BCUT2D eigenvalue weighted by Gasteiger charge is 2.33. The number of amides is 2. The molecule has 88 valence electrons. The van der Waals surface area contributed by atoms with Crippen molar-refractivity contribution < 1.29 is 9.90 Å². The molecule has 15 heavy (non-hydrogen) atoms. The topological polar surface area (TPSA) is 43.8 Å². The van der Waals surface area contributed by atoms with E-state index in [1.807, 2.05) is 6.92 Å². The fourth-order valence-corrected chi connectivity index (χ4v) is 2.13. The lowest BCUT2D eigenvalue weighted by atomic mass is 10.0. The molecule has 1 saturated carbocycles. The number of hydrogen-bond donors (Lipinski definition) is 1. The predicted molar refractivity (Wildman–Crippen MR) is 59.7 cm³/mol. The summed E-state index contributed by atoms with van der Waals surface area (Å²) in [6.45, 7) is 3.09. The minimum atomic E-state index is -0.640. The van der Waals surface area contributed by atoms with Gasteiger partial charge in [-0.3, -0.25) is 0 Å². The molecule has 1 rings (SSSR count). The van der Waals surface area contributed by atoms with Gasteiger partial charge in [0.2, 0.25) is 0 Å². The highest BCUT2D eigenvalue weighted by Crippen LogP contribution is 2.29. The molecule has 0 heterocycles. The first kappa shape index (κ1) is 12.3. The largest absolute Gasteiger partial charge is 0.388 e. The second-order valence-electron chi connectivity index (χ2n) is 4.58. The van der Waals surface area contributed by atoms with E-state index < -0.39 is 5.60 Å². The Morgan fingerprint density at radius 2 is 1.80 bits per heavy atom. The molecule has 0 spiro atoms. The van der Waals surface area contributed by atoms with E-state index in [0.717, 1.165) is 25.7 Å². The molecule has 0 unspecified atom stereocenters. The summed E-state index contributed by atoms with van der Waals surface area (Å²) in [4.78, 5) is 15.0. The van der Waals surface area contributed by atoms with Gasteiger partial charge in [-0.05, 0) is 19.8 Å². The summed E-state index contributed by atoms with van der Waals surface area (Å²) in [5.41, 5.74) is -0.640. The molecule has 0 radical (unpaired) electrons. The van der Waals surface area contributed by atoms with Crippen molar-refractivity contribution in [3.8, 4) is 0 Å². The third-order valence-corrected chi connectivity index (χ3v) is 3.19.